The number of pyridine rings is 1. The van der Waals surface area contributed by atoms with Crippen molar-refractivity contribution in [2.24, 2.45) is 0 Å². The van der Waals surface area contributed by atoms with Crippen molar-refractivity contribution < 1.29 is 14.6 Å². The summed E-state index contributed by atoms with van der Waals surface area (Å²) in [6.07, 6.45) is 2.42. The molecular formula is C10H11NO3S. The fourth-order valence-corrected chi connectivity index (χ4v) is 2.33. The topological polar surface area (TPSA) is 59.4 Å². The van der Waals surface area contributed by atoms with Crippen LogP contribution in [0.15, 0.2) is 23.4 Å². The van der Waals surface area contributed by atoms with Crippen LogP contribution in [0.5, 0.6) is 0 Å². The standard InChI is InChI=1S/C10H11NO3S/c12-10(13)7-1-2-9(11-5-7)15-8-3-4-14-6-8/h1-2,5,8H,3-4,6H2,(H,12,13). The molecule has 0 spiro atoms. The van der Waals surface area contributed by atoms with Crippen LogP contribution in [-0.4, -0.2) is 34.5 Å². The number of carboxylic acids is 1. The van der Waals surface area contributed by atoms with Crippen molar-refractivity contribution in [3.05, 3.63) is 23.9 Å². The van der Waals surface area contributed by atoms with Gasteiger partial charge in [0.15, 0.2) is 0 Å². The predicted molar refractivity (Wildman–Crippen MR) is 56.3 cm³/mol. The Kier molecular flexibility index (Phi) is 3.23. The highest BCUT2D eigenvalue weighted by atomic mass is 32.2. The molecule has 0 aromatic carbocycles. The Labute approximate surface area is 91.7 Å². The highest BCUT2D eigenvalue weighted by Gasteiger charge is 2.17. The van der Waals surface area contributed by atoms with Crippen LogP contribution in [-0.2, 0) is 4.74 Å². The molecule has 1 atom stereocenters. The number of ether oxygens (including phenoxy) is 1. The molecule has 1 aliphatic heterocycles. The molecule has 0 radical (unpaired) electrons. The number of aromatic nitrogens is 1. The van der Waals surface area contributed by atoms with Gasteiger partial charge in [-0.3, -0.25) is 0 Å². The molecular weight excluding hydrogens is 214 g/mol. The first-order chi connectivity index (χ1) is 7.25. The average Bonchev–Trinajstić information content (AvgIpc) is 2.71. The maximum atomic E-state index is 10.6. The number of hydrogen-bond donors (Lipinski definition) is 1. The first kappa shape index (κ1) is 10.4. The summed E-state index contributed by atoms with van der Waals surface area (Å²) in [5, 5.41) is 10.0. The average molecular weight is 225 g/mol. The fraction of sp³-hybridized carbons (Fsp3) is 0.400. The van der Waals surface area contributed by atoms with E-state index in [4.69, 9.17) is 9.84 Å². The molecule has 0 amide bonds. The van der Waals surface area contributed by atoms with Crippen molar-refractivity contribution >= 4 is 17.7 Å². The van der Waals surface area contributed by atoms with Gasteiger partial charge in [-0.05, 0) is 18.6 Å². The summed E-state index contributed by atoms with van der Waals surface area (Å²) in [7, 11) is 0. The zero-order chi connectivity index (χ0) is 10.7. The quantitative estimate of drug-likeness (QED) is 0.847. The largest absolute Gasteiger partial charge is 0.478 e. The van der Waals surface area contributed by atoms with Gasteiger partial charge >= 0.3 is 5.97 Å². The fourth-order valence-electron chi connectivity index (χ4n) is 1.35. The molecule has 5 heteroatoms. The van der Waals surface area contributed by atoms with Gasteiger partial charge in [0, 0.05) is 18.1 Å². The first-order valence-corrected chi connectivity index (χ1v) is 5.57. The second-order valence-electron chi connectivity index (χ2n) is 3.29. The highest BCUT2D eigenvalue weighted by Crippen LogP contribution is 2.26. The molecule has 1 aromatic rings. The smallest absolute Gasteiger partial charge is 0.337 e. The maximum absolute atomic E-state index is 10.6. The normalized spacial score (nSPS) is 20.4. The summed E-state index contributed by atoms with van der Waals surface area (Å²) in [5.74, 6) is -0.941. The number of carbonyl (C=O) groups is 1. The molecule has 80 valence electrons. The highest BCUT2D eigenvalue weighted by molar-refractivity contribution is 7.99. The van der Waals surface area contributed by atoms with E-state index in [0.717, 1.165) is 24.7 Å². The van der Waals surface area contributed by atoms with E-state index in [-0.39, 0.29) is 5.56 Å². The minimum atomic E-state index is -0.941. The first-order valence-electron chi connectivity index (χ1n) is 4.69. The zero-order valence-electron chi connectivity index (χ0n) is 8.05. The molecule has 0 aliphatic carbocycles. The van der Waals surface area contributed by atoms with E-state index in [2.05, 4.69) is 4.98 Å². The number of nitrogens with zero attached hydrogens (tertiary/aromatic N) is 1. The van der Waals surface area contributed by atoms with Crippen LogP contribution < -0.4 is 0 Å². The summed E-state index contributed by atoms with van der Waals surface area (Å²) >= 11 is 1.64. The van der Waals surface area contributed by atoms with Crippen LogP contribution in [0.1, 0.15) is 16.8 Å². The third-order valence-electron chi connectivity index (χ3n) is 2.16. The second-order valence-corrected chi connectivity index (χ2v) is 4.61. The van der Waals surface area contributed by atoms with Crippen LogP contribution in [0.4, 0.5) is 0 Å². The summed E-state index contributed by atoms with van der Waals surface area (Å²) in [4.78, 5) is 14.7. The molecule has 1 fully saturated rings. The second kappa shape index (κ2) is 4.63. The van der Waals surface area contributed by atoms with E-state index in [1.165, 1.54) is 6.20 Å². The van der Waals surface area contributed by atoms with Crippen molar-refractivity contribution in [3.8, 4) is 0 Å². The van der Waals surface area contributed by atoms with Gasteiger partial charge in [0.2, 0.25) is 0 Å². The molecule has 1 unspecified atom stereocenters. The molecule has 15 heavy (non-hydrogen) atoms. The Morgan fingerprint density at radius 1 is 1.60 bits per heavy atom. The van der Waals surface area contributed by atoms with Crippen molar-refractivity contribution in [2.75, 3.05) is 13.2 Å². The monoisotopic (exact) mass is 225 g/mol. The lowest BCUT2D eigenvalue weighted by atomic mass is 10.3. The van der Waals surface area contributed by atoms with E-state index in [0.29, 0.717) is 5.25 Å². The maximum Gasteiger partial charge on any atom is 0.337 e. The number of rotatable bonds is 3. The Morgan fingerprint density at radius 2 is 2.47 bits per heavy atom. The van der Waals surface area contributed by atoms with Gasteiger partial charge in [-0.2, -0.15) is 0 Å². The van der Waals surface area contributed by atoms with Crippen molar-refractivity contribution in [2.45, 2.75) is 16.7 Å². The Bertz CT molecular complexity index is 346. The SMILES string of the molecule is O=C(O)c1ccc(SC2CCOC2)nc1. The van der Waals surface area contributed by atoms with Crippen LogP contribution in [0.2, 0.25) is 0 Å². The third-order valence-corrected chi connectivity index (χ3v) is 3.35. The molecule has 0 saturated carbocycles. The van der Waals surface area contributed by atoms with Gasteiger partial charge in [-0.1, -0.05) is 0 Å². The Morgan fingerprint density at radius 3 is 3.00 bits per heavy atom. The van der Waals surface area contributed by atoms with Gasteiger partial charge in [0.1, 0.15) is 0 Å². The molecule has 4 nitrogen and oxygen atoms in total. The minimum absolute atomic E-state index is 0.224. The van der Waals surface area contributed by atoms with E-state index in [1.54, 1.807) is 23.9 Å². The Hall–Kier alpha value is -1.07. The van der Waals surface area contributed by atoms with Crippen LogP contribution in [0.25, 0.3) is 0 Å². The summed E-state index contributed by atoms with van der Waals surface area (Å²) in [6.45, 7) is 1.57. The van der Waals surface area contributed by atoms with Crippen LogP contribution >= 0.6 is 11.8 Å². The Balaban J connectivity index is 2.00. The lowest BCUT2D eigenvalue weighted by molar-refractivity contribution is 0.0696. The number of hydrogen-bond acceptors (Lipinski definition) is 4. The summed E-state index contributed by atoms with van der Waals surface area (Å²) in [5.41, 5.74) is 0.224. The summed E-state index contributed by atoms with van der Waals surface area (Å²) in [6, 6.07) is 3.32. The third kappa shape index (κ3) is 2.70. The molecule has 2 rings (SSSR count). The summed E-state index contributed by atoms with van der Waals surface area (Å²) < 4.78 is 5.25. The van der Waals surface area contributed by atoms with Gasteiger partial charge in [-0.25, -0.2) is 9.78 Å². The van der Waals surface area contributed by atoms with Crippen molar-refractivity contribution in [1.82, 2.24) is 4.98 Å². The molecule has 1 saturated heterocycles. The molecule has 1 aliphatic rings. The van der Waals surface area contributed by atoms with Crippen LogP contribution in [0.3, 0.4) is 0 Å². The predicted octanol–water partition coefficient (Wildman–Crippen LogP) is 1.66. The van der Waals surface area contributed by atoms with Crippen LogP contribution in [0, 0.1) is 0 Å². The molecule has 1 aromatic heterocycles. The lowest BCUT2D eigenvalue weighted by Crippen LogP contribution is -2.02. The van der Waals surface area contributed by atoms with Gasteiger partial charge < -0.3 is 9.84 Å². The van der Waals surface area contributed by atoms with E-state index >= 15 is 0 Å². The lowest BCUT2D eigenvalue weighted by Gasteiger charge is -2.05. The van der Waals surface area contributed by atoms with Gasteiger partial charge in [0.25, 0.3) is 0 Å². The molecule has 2 heterocycles. The van der Waals surface area contributed by atoms with Gasteiger partial charge in [-0.15, -0.1) is 11.8 Å². The van der Waals surface area contributed by atoms with Crippen molar-refractivity contribution in [3.63, 3.8) is 0 Å². The van der Waals surface area contributed by atoms with E-state index in [1.807, 2.05) is 0 Å². The number of thioether (sulfide) groups is 1. The number of carboxylic acid groups (broad SMARTS) is 1. The molecule has 1 N–H and O–H groups in total. The minimum Gasteiger partial charge on any atom is -0.478 e. The van der Waals surface area contributed by atoms with E-state index < -0.39 is 5.97 Å². The number of aromatic carboxylic acids is 1. The van der Waals surface area contributed by atoms with Crippen molar-refractivity contribution in [1.29, 1.82) is 0 Å². The van der Waals surface area contributed by atoms with E-state index in [9.17, 15) is 4.79 Å². The molecule has 0 bridgehead atoms. The van der Waals surface area contributed by atoms with Gasteiger partial charge in [0.05, 0.1) is 17.2 Å². The zero-order valence-corrected chi connectivity index (χ0v) is 8.87.